The summed E-state index contributed by atoms with van der Waals surface area (Å²) in [6.07, 6.45) is 3.30. The van der Waals surface area contributed by atoms with E-state index in [0.717, 1.165) is 25.9 Å². The number of unbranched alkanes of at least 4 members (excludes halogenated alkanes) is 1. The van der Waals surface area contributed by atoms with Crippen LogP contribution in [0.3, 0.4) is 0 Å². The molecule has 0 bridgehead atoms. The van der Waals surface area contributed by atoms with Gasteiger partial charge in [0.2, 0.25) is 0 Å². The molecule has 1 N–H and O–H groups in total. The van der Waals surface area contributed by atoms with E-state index in [1.165, 1.54) is 0 Å². The number of aliphatic hydroxyl groups is 1. The van der Waals surface area contributed by atoms with E-state index in [0.29, 0.717) is 5.92 Å². The summed E-state index contributed by atoms with van der Waals surface area (Å²) in [7, 11) is 0. The van der Waals surface area contributed by atoms with E-state index in [-0.39, 0.29) is 12.2 Å². The summed E-state index contributed by atoms with van der Waals surface area (Å²) in [4.78, 5) is 0. The lowest BCUT2D eigenvalue weighted by atomic mass is 10.3. The minimum Gasteiger partial charge on any atom is -0.393 e. The summed E-state index contributed by atoms with van der Waals surface area (Å²) >= 11 is 0. The van der Waals surface area contributed by atoms with Gasteiger partial charge in [0.25, 0.3) is 0 Å². The molecule has 2 atom stereocenters. The fraction of sp³-hybridized carbons (Fsp3) is 1.00. The van der Waals surface area contributed by atoms with E-state index in [4.69, 9.17) is 9.84 Å². The van der Waals surface area contributed by atoms with Crippen LogP contribution in [-0.2, 0) is 4.74 Å². The van der Waals surface area contributed by atoms with E-state index in [2.05, 4.69) is 13.8 Å². The number of ether oxygens (including phenoxy) is 1. The van der Waals surface area contributed by atoms with E-state index in [9.17, 15) is 0 Å². The Morgan fingerprint density at radius 2 is 2.27 bits per heavy atom. The first-order valence-electron chi connectivity index (χ1n) is 4.50. The summed E-state index contributed by atoms with van der Waals surface area (Å²) in [5, 5.41) is 9.00. The zero-order chi connectivity index (χ0) is 8.32. The van der Waals surface area contributed by atoms with Crippen molar-refractivity contribution in [3.63, 3.8) is 0 Å². The van der Waals surface area contributed by atoms with Gasteiger partial charge in [-0.2, -0.15) is 0 Å². The molecule has 1 rings (SSSR count). The molecule has 2 heteroatoms. The van der Waals surface area contributed by atoms with Crippen LogP contribution in [0.2, 0.25) is 0 Å². The number of hydrogen-bond acceptors (Lipinski definition) is 2. The Kier molecular flexibility index (Phi) is 2.90. The van der Waals surface area contributed by atoms with Crippen LogP contribution in [0.1, 0.15) is 33.1 Å². The Balaban J connectivity index is 2.14. The molecule has 1 aliphatic carbocycles. The van der Waals surface area contributed by atoms with E-state index in [1.54, 1.807) is 0 Å². The summed E-state index contributed by atoms with van der Waals surface area (Å²) in [6.45, 7) is 5.27. The summed E-state index contributed by atoms with van der Waals surface area (Å²) in [6, 6.07) is 0. The lowest BCUT2D eigenvalue weighted by molar-refractivity contribution is -0.0177. The third-order valence-electron chi connectivity index (χ3n) is 2.54. The molecular formula is C9H18O2. The molecule has 0 spiro atoms. The number of aliphatic hydroxyl groups excluding tert-OH is 1. The monoisotopic (exact) mass is 158 g/mol. The molecule has 0 saturated heterocycles. The molecule has 0 heterocycles. The first-order valence-corrected chi connectivity index (χ1v) is 4.50. The van der Waals surface area contributed by atoms with E-state index in [1.807, 2.05) is 0 Å². The van der Waals surface area contributed by atoms with Crippen LogP contribution in [0.5, 0.6) is 0 Å². The molecule has 0 aromatic heterocycles. The molecular weight excluding hydrogens is 140 g/mol. The second-order valence-corrected chi connectivity index (χ2v) is 3.53. The first-order chi connectivity index (χ1) is 5.25. The normalized spacial score (nSPS) is 35.7. The van der Waals surface area contributed by atoms with Gasteiger partial charge in [-0.1, -0.05) is 20.3 Å². The standard InChI is InChI=1S/C9H18O2/c1-3-4-5-11-9(7-10)6-8(9)2/h8,10H,3-7H2,1-2H3. The average Bonchev–Trinajstić information content (AvgIpc) is 2.64. The van der Waals surface area contributed by atoms with E-state index >= 15 is 0 Å². The Hall–Kier alpha value is -0.0800. The van der Waals surface area contributed by atoms with Crippen molar-refractivity contribution in [3.05, 3.63) is 0 Å². The van der Waals surface area contributed by atoms with Crippen molar-refractivity contribution < 1.29 is 9.84 Å². The van der Waals surface area contributed by atoms with Crippen molar-refractivity contribution in [3.8, 4) is 0 Å². The maximum atomic E-state index is 9.00. The van der Waals surface area contributed by atoms with Gasteiger partial charge in [0.15, 0.2) is 0 Å². The second kappa shape index (κ2) is 3.55. The lowest BCUT2D eigenvalue weighted by Gasteiger charge is -2.13. The van der Waals surface area contributed by atoms with Crippen LogP contribution < -0.4 is 0 Å². The average molecular weight is 158 g/mol. The largest absolute Gasteiger partial charge is 0.393 e. The third-order valence-corrected chi connectivity index (χ3v) is 2.54. The fourth-order valence-corrected chi connectivity index (χ4v) is 1.35. The highest BCUT2D eigenvalue weighted by Gasteiger charge is 2.51. The number of rotatable bonds is 5. The van der Waals surface area contributed by atoms with Crippen molar-refractivity contribution in [2.75, 3.05) is 13.2 Å². The maximum absolute atomic E-state index is 9.00. The number of hydrogen-bond donors (Lipinski definition) is 1. The summed E-state index contributed by atoms with van der Waals surface area (Å²) in [5.74, 6) is 0.560. The molecule has 1 saturated carbocycles. The van der Waals surface area contributed by atoms with Crippen LogP contribution in [-0.4, -0.2) is 23.9 Å². The van der Waals surface area contributed by atoms with Gasteiger partial charge in [-0.25, -0.2) is 0 Å². The molecule has 66 valence electrons. The van der Waals surface area contributed by atoms with Gasteiger partial charge >= 0.3 is 0 Å². The second-order valence-electron chi connectivity index (χ2n) is 3.53. The zero-order valence-corrected chi connectivity index (χ0v) is 7.47. The minimum atomic E-state index is -0.144. The van der Waals surface area contributed by atoms with Gasteiger partial charge in [-0.05, 0) is 18.8 Å². The minimum absolute atomic E-state index is 0.144. The SMILES string of the molecule is CCCCOC1(CO)CC1C. The molecule has 0 aliphatic heterocycles. The van der Waals surface area contributed by atoms with Gasteiger partial charge in [0.05, 0.1) is 12.2 Å². The summed E-state index contributed by atoms with van der Waals surface area (Å²) in [5.41, 5.74) is -0.144. The zero-order valence-electron chi connectivity index (χ0n) is 7.47. The predicted octanol–water partition coefficient (Wildman–Crippen LogP) is 1.57. The molecule has 2 unspecified atom stereocenters. The third kappa shape index (κ3) is 1.94. The van der Waals surface area contributed by atoms with E-state index < -0.39 is 0 Å². The fourth-order valence-electron chi connectivity index (χ4n) is 1.35. The van der Waals surface area contributed by atoms with Crippen molar-refractivity contribution >= 4 is 0 Å². The van der Waals surface area contributed by atoms with Crippen molar-refractivity contribution in [2.45, 2.75) is 38.7 Å². The van der Waals surface area contributed by atoms with Crippen molar-refractivity contribution in [1.82, 2.24) is 0 Å². The maximum Gasteiger partial charge on any atom is 0.0942 e. The van der Waals surface area contributed by atoms with Crippen LogP contribution in [0.15, 0.2) is 0 Å². The Morgan fingerprint density at radius 3 is 2.64 bits per heavy atom. The van der Waals surface area contributed by atoms with Gasteiger partial charge < -0.3 is 9.84 Å². The van der Waals surface area contributed by atoms with Gasteiger partial charge in [0, 0.05) is 6.61 Å². The molecule has 1 aliphatic rings. The van der Waals surface area contributed by atoms with Crippen LogP contribution in [0.4, 0.5) is 0 Å². The van der Waals surface area contributed by atoms with Crippen LogP contribution >= 0.6 is 0 Å². The van der Waals surface area contributed by atoms with Gasteiger partial charge in [-0.3, -0.25) is 0 Å². The molecule has 11 heavy (non-hydrogen) atoms. The quantitative estimate of drug-likeness (QED) is 0.615. The van der Waals surface area contributed by atoms with Crippen LogP contribution in [0.25, 0.3) is 0 Å². The highest BCUT2D eigenvalue weighted by atomic mass is 16.5. The molecule has 0 aromatic carbocycles. The predicted molar refractivity (Wildman–Crippen MR) is 44.5 cm³/mol. The smallest absolute Gasteiger partial charge is 0.0942 e. The molecule has 0 radical (unpaired) electrons. The highest BCUT2D eigenvalue weighted by molar-refractivity contribution is 5.02. The molecule has 0 aromatic rings. The Bertz CT molecular complexity index is 121. The Morgan fingerprint density at radius 1 is 1.64 bits per heavy atom. The molecule has 2 nitrogen and oxygen atoms in total. The molecule has 0 amide bonds. The molecule has 1 fully saturated rings. The first kappa shape index (κ1) is 9.01. The van der Waals surface area contributed by atoms with Gasteiger partial charge in [0.1, 0.15) is 0 Å². The van der Waals surface area contributed by atoms with Crippen molar-refractivity contribution in [1.29, 1.82) is 0 Å². The van der Waals surface area contributed by atoms with Gasteiger partial charge in [-0.15, -0.1) is 0 Å². The highest BCUT2D eigenvalue weighted by Crippen LogP contribution is 2.45. The summed E-state index contributed by atoms with van der Waals surface area (Å²) < 4.78 is 5.59. The van der Waals surface area contributed by atoms with Crippen molar-refractivity contribution in [2.24, 2.45) is 5.92 Å². The van der Waals surface area contributed by atoms with Crippen LogP contribution in [0, 0.1) is 5.92 Å². The lowest BCUT2D eigenvalue weighted by Crippen LogP contribution is -2.22. The Labute approximate surface area is 68.6 Å². The topological polar surface area (TPSA) is 29.5 Å².